The molecule has 20 heavy (non-hydrogen) atoms. The first-order valence-electron chi connectivity index (χ1n) is 6.35. The summed E-state index contributed by atoms with van der Waals surface area (Å²) in [5.74, 6) is -1.14. The van der Waals surface area contributed by atoms with Gasteiger partial charge >= 0.3 is 0 Å². The van der Waals surface area contributed by atoms with Gasteiger partial charge in [-0.2, -0.15) is 4.39 Å². The van der Waals surface area contributed by atoms with Crippen LogP contribution in [-0.2, 0) is 9.84 Å². The fraction of sp³-hybridized carbons (Fsp3) is 0.538. The number of hydrogen-bond donors (Lipinski definition) is 1. The van der Waals surface area contributed by atoms with Crippen molar-refractivity contribution in [2.24, 2.45) is 0 Å². The fourth-order valence-corrected chi connectivity index (χ4v) is 3.39. The molecule has 112 valence electrons. The Morgan fingerprint density at radius 1 is 1.35 bits per heavy atom. The smallest absolute Gasteiger partial charge is 0.252 e. The quantitative estimate of drug-likeness (QED) is 0.809. The van der Waals surface area contributed by atoms with E-state index in [9.17, 15) is 17.6 Å². The van der Waals surface area contributed by atoms with Gasteiger partial charge in [0.25, 0.3) is 5.91 Å². The van der Waals surface area contributed by atoms with E-state index in [2.05, 4.69) is 10.3 Å². The lowest BCUT2D eigenvalue weighted by molar-refractivity contribution is 0.0948. The molecule has 0 radical (unpaired) electrons. The van der Waals surface area contributed by atoms with Crippen LogP contribution in [0.5, 0.6) is 0 Å². The molecule has 0 saturated heterocycles. The number of aromatic nitrogens is 1. The van der Waals surface area contributed by atoms with Crippen LogP contribution >= 0.6 is 0 Å². The number of hydrogen-bond acceptors (Lipinski definition) is 4. The van der Waals surface area contributed by atoms with Gasteiger partial charge in [-0.15, -0.1) is 0 Å². The van der Waals surface area contributed by atoms with Gasteiger partial charge in [0, 0.05) is 19.0 Å². The van der Waals surface area contributed by atoms with E-state index in [-0.39, 0.29) is 12.1 Å². The molecular weight excluding hydrogens is 283 g/mol. The van der Waals surface area contributed by atoms with Gasteiger partial charge in [-0.05, 0) is 25.0 Å². The molecule has 0 atom stereocenters. The van der Waals surface area contributed by atoms with E-state index in [0.717, 1.165) is 12.3 Å². The van der Waals surface area contributed by atoms with Crippen LogP contribution in [0.3, 0.4) is 0 Å². The van der Waals surface area contributed by atoms with Gasteiger partial charge in [-0.25, -0.2) is 13.4 Å². The SMILES string of the molecule is CCC(CC)(CNC(=O)c1ccc(F)nc1)S(C)(=O)=O. The Balaban J connectivity index is 2.83. The zero-order chi connectivity index (χ0) is 15.4. The number of halogens is 1. The first-order chi connectivity index (χ1) is 9.25. The van der Waals surface area contributed by atoms with Crippen LogP contribution < -0.4 is 5.32 Å². The highest BCUT2D eigenvalue weighted by Gasteiger charge is 2.37. The van der Waals surface area contributed by atoms with Crippen molar-refractivity contribution in [1.82, 2.24) is 10.3 Å². The number of amides is 1. The Hall–Kier alpha value is -1.50. The van der Waals surface area contributed by atoms with Crippen molar-refractivity contribution in [3.05, 3.63) is 29.8 Å². The molecule has 1 aromatic heterocycles. The highest BCUT2D eigenvalue weighted by Crippen LogP contribution is 2.24. The summed E-state index contributed by atoms with van der Waals surface area (Å²) < 4.78 is 35.5. The Labute approximate surface area is 118 Å². The van der Waals surface area contributed by atoms with Crippen molar-refractivity contribution in [1.29, 1.82) is 0 Å². The van der Waals surface area contributed by atoms with Crippen LogP contribution in [-0.4, -0.2) is 36.9 Å². The van der Waals surface area contributed by atoms with Crippen molar-refractivity contribution < 1.29 is 17.6 Å². The number of carbonyl (C=O) groups is 1. The molecule has 0 aliphatic rings. The van der Waals surface area contributed by atoms with Crippen molar-refractivity contribution >= 4 is 15.7 Å². The minimum Gasteiger partial charge on any atom is -0.350 e. The highest BCUT2D eigenvalue weighted by molar-refractivity contribution is 7.92. The zero-order valence-electron chi connectivity index (χ0n) is 11.8. The molecule has 0 unspecified atom stereocenters. The fourth-order valence-electron chi connectivity index (χ4n) is 2.01. The third-order valence-corrected chi connectivity index (χ3v) is 5.93. The molecule has 0 aliphatic heterocycles. The lowest BCUT2D eigenvalue weighted by Crippen LogP contribution is -2.47. The molecule has 1 heterocycles. The summed E-state index contributed by atoms with van der Waals surface area (Å²) in [5.41, 5.74) is 0.195. The molecule has 1 N–H and O–H groups in total. The largest absolute Gasteiger partial charge is 0.350 e. The third kappa shape index (κ3) is 3.53. The number of nitrogens with one attached hydrogen (secondary N) is 1. The number of nitrogens with zero attached hydrogens (tertiary/aromatic N) is 1. The zero-order valence-corrected chi connectivity index (χ0v) is 12.6. The maximum absolute atomic E-state index is 12.7. The Morgan fingerprint density at radius 2 is 1.95 bits per heavy atom. The Morgan fingerprint density at radius 3 is 2.35 bits per heavy atom. The molecule has 0 bridgehead atoms. The van der Waals surface area contributed by atoms with Gasteiger partial charge in [-0.1, -0.05) is 13.8 Å². The van der Waals surface area contributed by atoms with E-state index in [1.165, 1.54) is 12.3 Å². The van der Waals surface area contributed by atoms with Gasteiger partial charge in [0.1, 0.15) is 0 Å². The minimum absolute atomic E-state index is 0.0229. The van der Waals surface area contributed by atoms with Crippen LogP contribution in [0.4, 0.5) is 4.39 Å². The molecule has 1 amide bonds. The minimum atomic E-state index is -3.30. The monoisotopic (exact) mass is 302 g/mol. The van der Waals surface area contributed by atoms with Crippen LogP contribution in [0.25, 0.3) is 0 Å². The molecule has 1 rings (SSSR count). The van der Waals surface area contributed by atoms with Gasteiger partial charge in [-0.3, -0.25) is 4.79 Å². The Bertz CT molecular complexity index is 566. The van der Waals surface area contributed by atoms with Crippen LogP contribution in [0.2, 0.25) is 0 Å². The molecule has 0 aromatic carbocycles. The van der Waals surface area contributed by atoms with Crippen molar-refractivity contribution in [3.8, 4) is 0 Å². The second-order valence-corrected chi connectivity index (χ2v) is 7.12. The first-order valence-corrected chi connectivity index (χ1v) is 8.24. The van der Waals surface area contributed by atoms with E-state index >= 15 is 0 Å². The van der Waals surface area contributed by atoms with E-state index in [1.807, 2.05) is 0 Å². The van der Waals surface area contributed by atoms with Crippen molar-refractivity contribution in [3.63, 3.8) is 0 Å². The first kappa shape index (κ1) is 16.6. The average Bonchev–Trinajstić information content (AvgIpc) is 2.39. The van der Waals surface area contributed by atoms with Crippen LogP contribution in [0, 0.1) is 5.95 Å². The van der Waals surface area contributed by atoms with Crippen LogP contribution in [0.15, 0.2) is 18.3 Å². The lowest BCUT2D eigenvalue weighted by atomic mass is 10.0. The van der Waals surface area contributed by atoms with Gasteiger partial charge in [0.05, 0.1) is 10.3 Å². The Kier molecular flexibility index (Phi) is 5.21. The number of carbonyl (C=O) groups excluding carboxylic acids is 1. The summed E-state index contributed by atoms with van der Waals surface area (Å²) in [6.07, 6.45) is 3.10. The molecule has 0 saturated carbocycles. The molecule has 0 aliphatic carbocycles. The summed E-state index contributed by atoms with van der Waals surface area (Å²) in [6, 6.07) is 2.38. The average molecular weight is 302 g/mol. The van der Waals surface area contributed by atoms with E-state index in [1.54, 1.807) is 13.8 Å². The number of sulfone groups is 1. The molecule has 0 spiro atoms. The maximum atomic E-state index is 12.7. The third-order valence-electron chi connectivity index (χ3n) is 3.64. The topological polar surface area (TPSA) is 76.1 Å². The van der Waals surface area contributed by atoms with Gasteiger partial charge in [0.15, 0.2) is 9.84 Å². The standard InChI is InChI=1S/C13H19FN2O3S/c1-4-13(5-2,20(3,18)19)9-16-12(17)10-6-7-11(14)15-8-10/h6-8H,4-5,9H2,1-3H3,(H,16,17). The van der Waals surface area contributed by atoms with E-state index < -0.39 is 26.4 Å². The predicted octanol–water partition coefficient (Wildman–Crippen LogP) is 1.55. The van der Waals surface area contributed by atoms with Crippen molar-refractivity contribution in [2.45, 2.75) is 31.4 Å². The van der Waals surface area contributed by atoms with Crippen LogP contribution in [0.1, 0.15) is 37.0 Å². The molecule has 1 aromatic rings. The second kappa shape index (κ2) is 6.30. The number of pyridine rings is 1. The summed E-state index contributed by atoms with van der Waals surface area (Å²) in [5, 5.41) is 2.59. The normalized spacial score (nSPS) is 12.2. The van der Waals surface area contributed by atoms with E-state index in [4.69, 9.17) is 0 Å². The summed E-state index contributed by atoms with van der Waals surface area (Å²) >= 11 is 0. The molecular formula is C13H19FN2O3S. The predicted molar refractivity (Wildman–Crippen MR) is 74.7 cm³/mol. The molecule has 5 nitrogen and oxygen atoms in total. The summed E-state index contributed by atoms with van der Waals surface area (Å²) in [7, 11) is -3.30. The summed E-state index contributed by atoms with van der Waals surface area (Å²) in [4.78, 5) is 15.3. The van der Waals surface area contributed by atoms with Crippen molar-refractivity contribution in [2.75, 3.05) is 12.8 Å². The second-order valence-electron chi connectivity index (χ2n) is 4.71. The molecule has 0 fully saturated rings. The number of rotatable bonds is 6. The lowest BCUT2D eigenvalue weighted by Gasteiger charge is -2.29. The highest BCUT2D eigenvalue weighted by atomic mass is 32.2. The summed E-state index contributed by atoms with van der Waals surface area (Å²) in [6.45, 7) is 3.57. The van der Waals surface area contributed by atoms with Gasteiger partial charge < -0.3 is 5.32 Å². The molecule has 7 heteroatoms. The maximum Gasteiger partial charge on any atom is 0.252 e. The van der Waals surface area contributed by atoms with Gasteiger partial charge in [0.2, 0.25) is 5.95 Å². The van der Waals surface area contributed by atoms with E-state index in [0.29, 0.717) is 12.8 Å².